The molecule has 3 rings (SSSR count). The summed E-state index contributed by atoms with van der Waals surface area (Å²) < 4.78 is 6.72. The lowest BCUT2D eigenvalue weighted by molar-refractivity contribution is 0.414. The number of hydrogen-bond donors (Lipinski definition) is 1. The Morgan fingerprint density at radius 1 is 1.18 bits per heavy atom. The number of thioether (sulfide) groups is 1. The van der Waals surface area contributed by atoms with Crippen molar-refractivity contribution in [3.05, 3.63) is 82.1 Å². The van der Waals surface area contributed by atoms with E-state index in [1.54, 1.807) is 42.0 Å². The van der Waals surface area contributed by atoms with Crippen LogP contribution in [0.2, 0.25) is 5.02 Å². The Hall–Kier alpha value is -2.77. The molecule has 1 aromatic heterocycles. The predicted octanol–water partition coefficient (Wildman–Crippen LogP) is 4.52. The average molecular weight is 415 g/mol. The van der Waals surface area contributed by atoms with Crippen LogP contribution in [0.15, 0.2) is 71.1 Å². The number of nitrogens with one attached hydrogen (secondary N) is 1. The monoisotopic (exact) mass is 414 g/mol. The maximum absolute atomic E-state index is 12.8. The highest BCUT2D eigenvalue weighted by atomic mass is 35.5. The van der Waals surface area contributed by atoms with Gasteiger partial charge in [0.25, 0.3) is 5.56 Å². The molecule has 0 fully saturated rings. The molecular weight excluding hydrogens is 396 g/mol. The highest BCUT2D eigenvalue weighted by molar-refractivity contribution is 7.98. The second-order valence-electron chi connectivity index (χ2n) is 5.80. The van der Waals surface area contributed by atoms with Crippen LogP contribution in [-0.2, 0) is 12.3 Å². The minimum absolute atomic E-state index is 0.151. The molecule has 0 saturated carbocycles. The van der Waals surface area contributed by atoms with Gasteiger partial charge < -0.3 is 10.1 Å². The van der Waals surface area contributed by atoms with E-state index in [2.05, 4.69) is 22.1 Å². The maximum atomic E-state index is 12.8. The molecule has 2 aromatic carbocycles. The molecule has 144 valence electrons. The molecule has 0 unspecified atom stereocenters. The third-order valence-electron chi connectivity index (χ3n) is 3.86. The Kier molecular flexibility index (Phi) is 6.73. The van der Waals surface area contributed by atoms with Crippen molar-refractivity contribution < 1.29 is 4.74 Å². The molecule has 0 amide bonds. The van der Waals surface area contributed by atoms with E-state index in [-0.39, 0.29) is 11.4 Å². The van der Waals surface area contributed by atoms with Crippen LogP contribution in [0.1, 0.15) is 5.56 Å². The van der Waals surface area contributed by atoms with Crippen LogP contribution in [0.5, 0.6) is 5.75 Å². The maximum Gasteiger partial charge on any atom is 0.297 e. The topological polar surface area (TPSA) is 69.0 Å². The van der Waals surface area contributed by atoms with Gasteiger partial charge in [0.2, 0.25) is 5.82 Å². The smallest absolute Gasteiger partial charge is 0.297 e. The molecule has 0 aliphatic rings. The van der Waals surface area contributed by atoms with Crippen LogP contribution < -0.4 is 15.6 Å². The number of anilines is 2. The van der Waals surface area contributed by atoms with Crippen molar-refractivity contribution in [3.8, 4) is 5.75 Å². The second-order valence-corrected chi connectivity index (χ2v) is 7.18. The van der Waals surface area contributed by atoms with Crippen molar-refractivity contribution in [1.82, 2.24) is 14.8 Å². The summed E-state index contributed by atoms with van der Waals surface area (Å²) >= 11 is 7.33. The highest BCUT2D eigenvalue weighted by Crippen LogP contribution is 2.22. The number of hydrogen-bond acceptors (Lipinski definition) is 6. The first kappa shape index (κ1) is 20.0. The summed E-state index contributed by atoms with van der Waals surface area (Å²) in [6, 6.07) is 14.8. The number of benzene rings is 2. The quantitative estimate of drug-likeness (QED) is 0.431. The number of rotatable bonds is 8. The summed E-state index contributed by atoms with van der Waals surface area (Å²) in [6.07, 6.45) is 1.66. The van der Waals surface area contributed by atoms with Gasteiger partial charge in [-0.3, -0.25) is 9.36 Å². The van der Waals surface area contributed by atoms with Gasteiger partial charge in [-0.05, 0) is 42.0 Å². The normalized spacial score (nSPS) is 10.5. The summed E-state index contributed by atoms with van der Waals surface area (Å²) in [5.74, 6) is 1.60. The first-order chi connectivity index (χ1) is 13.6. The fourth-order valence-electron chi connectivity index (χ4n) is 2.42. The van der Waals surface area contributed by atoms with E-state index in [0.717, 1.165) is 11.3 Å². The van der Waals surface area contributed by atoms with Crippen LogP contribution in [0.4, 0.5) is 11.5 Å². The van der Waals surface area contributed by atoms with Gasteiger partial charge >= 0.3 is 0 Å². The van der Waals surface area contributed by atoms with Gasteiger partial charge in [0.05, 0.1) is 7.11 Å². The molecule has 6 nitrogen and oxygen atoms in total. The predicted molar refractivity (Wildman–Crippen MR) is 114 cm³/mol. The molecule has 0 radical (unpaired) electrons. The third-order valence-corrected chi connectivity index (χ3v) is 5.15. The molecule has 1 N–H and O–H groups in total. The zero-order valence-electron chi connectivity index (χ0n) is 15.3. The lowest BCUT2D eigenvalue weighted by Crippen LogP contribution is -2.26. The number of methoxy groups -OCH3 is 1. The van der Waals surface area contributed by atoms with Crippen LogP contribution in [0.3, 0.4) is 0 Å². The first-order valence-corrected chi connectivity index (χ1v) is 9.84. The Bertz CT molecular complexity index is 1000. The summed E-state index contributed by atoms with van der Waals surface area (Å²) in [7, 11) is 1.63. The van der Waals surface area contributed by atoms with E-state index in [4.69, 9.17) is 16.3 Å². The molecule has 0 saturated heterocycles. The van der Waals surface area contributed by atoms with Crippen molar-refractivity contribution >= 4 is 34.9 Å². The lowest BCUT2D eigenvalue weighted by Gasteiger charge is -2.12. The number of ether oxygens (including phenoxy) is 1. The van der Waals surface area contributed by atoms with Gasteiger partial charge in [-0.2, -0.15) is 0 Å². The second kappa shape index (κ2) is 9.43. The van der Waals surface area contributed by atoms with Gasteiger partial charge in [-0.15, -0.1) is 16.8 Å². The molecule has 8 heteroatoms. The van der Waals surface area contributed by atoms with E-state index in [1.807, 2.05) is 24.3 Å². The number of aromatic nitrogens is 3. The molecule has 0 bridgehead atoms. The van der Waals surface area contributed by atoms with Crippen molar-refractivity contribution in [1.29, 1.82) is 0 Å². The average Bonchev–Trinajstić information content (AvgIpc) is 2.72. The first-order valence-electron chi connectivity index (χ1n) is 8.47. The molecule has 0 aliphatic carbocycles. The van der Waals surface area contributed by atoms with Gasteiger partial charge in [-0.25, -0.2) is 0 Å². The molecular formula is C20H19ClN4O2S. The van der Waals surface area contributed by atoms with Crippen LogP contribution in [-0.4, -0.2) is 21.9 Å². The Morgan fingerprint density at radius 3 is 2.54 bits per heavy atom. The summed E-state index contributed by atoms with van der Waals surface area (Å²) in [4.78, 5) is 12.8. The van der Waals surface area contributed by atoms with Gasteiger partial charge in [0, 0.05) is 23.0 Å². The molecule has 28 heavy (non-hydrogen) atoms. The van der Waals surface area contributed by atoms with Gasteiger partial charge in [-0.1, -0.05) is 41.6 Å². The minimum atomic E-state index is -0.262. The summed E-state index contributed by atoms with van der Waals surface area (Å²) in [6.45, 7) is 4.07. The van der Waals surface area contributed by atoms with E-state index in [1.165, 1.54) is 11.8 Å². The van der Waals surface area contributed by atoms with Gasteiger partial charge in [0.15, 0.2) is 5.16 Å². The molecule has 1 heterocycles. The number of nitrogens with zero attached hydrogens (tertiary/aromatic N) is 3. The lowest BCUT2D eigenvalue weighted by atomic mass is 10.2. The fourth-order valence-corrected chi connectivity index (χ4v) is 3.45. The standard InChI is InChI=1S/C20H19ClN4O2S/c1-3-12-25-19(26)18(22-16-8-6-15(21)7-9-16)23-24-20(25)28-13-14-4-10-17(27-2)11-5-14/h3-11H,1,12-13H2,2H3,(H,22,23). The van der Waals surface area contributed by atoms with E-state index < -0.39 is 0 Å². The summed E-state index contributed by atoms with van der Waals surface area (Å²) in [5, 5.41) is 12.4. The van der Waals surface area contributed by atoms with E-state index >= 15 is 0 Å². The van der Waals surface area contributed by atoms with Crippen LogP contribution >= 0.6 is 23.4 Å². The third kappa shape index (κ3) is 4.94. The molecule has 0 spiro atoms. The van der Waals surface area contributed by atoms with Crippen molar-refractivity contribution in [2.45, 2.75) is 17.5 Å². The zero-order chi connectivity index (χ0) is 19.9. The fraction of sp³-hybridized carbons (Fsp3) is 0.150. The summed E-state index contributed by atoms with van der Waals surface area (Å²) in [5.41, 5.74) is 1.54. The van der Waals surface area contributed by atoms with Crippen molar-refractivity contribution in [3.63, 3.8) is 0 Å². The highest BCUT2D eigenvalue weighted by Gasteiger charge is 2.12. The largest absolute Gasteiger partial charge is 0.497 e. The van der Waals surface area contributed by atoms with Crippen LogP contribution in [0.25, 0.3) is 0 Å². The van der Waals surface area contributed by atoms with Gasteiger partial charge in [0.1, 0.15) is 5.75 Å². The van der Waals surface area contributed by atoms with E-state index in [0.29, 0.717) is 28.2 Å². The van der Waals surface area contributed by atoms with Crippen LogP contribution in [0, 0.1) is 0 Å². The zero-order valence-corrected chi connectivity index (χ0v) is 16.8. The van der Waals surface area contributed by atoms with Crippen molar-refractivity contribution in [2.75, 3.05) is 12.4 Å². The van der Waals surface area contributed by atoms with Crippen molar-refractivity contribution in [2.24, 2.45) is 0 Å². The molecule has 0 aliphatic heterocycles. The van der Waals surface area contributed by atoms with E-state index in [9.17, 15) is 4.79 Å². The number of allylic oxidation sites excluding steroid dienone is 1. The Balaban J connectivity index is 1.80. The molecule has 3 aromatic rings. The Labute approximate surface area is 172 Å². The Morgan fingerprint density at radius 2 is 1.89 bits per heavy atom. The SMILES string of the molecule is C=CCn1c(SCc2ccc(OC)cc2)nnc(Nc2ccc(Cl)cc2)c1=O. The number of halogens is 1. The molecule has 0 atom stereocenters. The minimum Gasteiger partial charge on any atom is -0.497 e.